The minimum Gasteiger partial charge on any atom is -0.398 e. The van der Waals surface area contributed by atoms with Crippen molar-refractivity contribution in [2.45, 2.75) is 25.7 Å². The van der Waals surface area contributed by atoms with Gasteiger partial charge < -0.3 is 26.3 Å². The number of terminal acetylenes is 1. The number of rotatable bonds is 10. The highest BCUT2D eigenvalue weighted by molar-refractivity contribution is 5.97. The lowest BCUT2D eigenvalue weighted by Crippen LogP contribution is -2.48. The topological polar surface area (TPSA) is 102 Å². The van der Waals surface area contributed by atoms with Crippen molar-refractivity contribution in [1.29, 1.82) is 0 Å². The number of H-pyrrole nitrogens is 1. The molecular weight excluding hydrogens is 517 g/mol. The highest BCUT2D eigenvalue weighted by Crippen LogP contribution is 2.43. The Bertz CT molecular complexity index is 1550. The van der Waals surface area contributed by atoms with Crippen molar-refractivity contribution < 1.29 is 9.18 Å². The molecule has 3 aromatic rings. The number of benzene rings is 2. The van der Waals surface area contributed by atoms with Gasteiger partial charge in [0.15, 0.2) is 0 Å². The smallest absolute Gasteiger partial charge is 0.220 e. The Morgan fingerprint density at radius 1 is 1.17 bits per heavy atom. The third kappa shape index (κ3) is 5.79. The van der Waals surface area contributed by atoms with Gasteiger partial charge in [0, 0.05) is 81.0 Å². The number of hydrogen-bond donors (Lipinski definition) is 4. The average Bonchev–Trinajstić information content (AvgIpc) is 3.63. The number of amides is 1. The van der Waals surface area contributed by atoms with E-state index < -0.39 is 0 Å². The molecule has 8 nitrogen and oxygen atoms in total. The molecule has 212 valence electrons. The van der Waals surface area contributed by atoms with Crippen LogP contribution in [0.3, 0.4) is 0 Å². The number of carbonyl (C=O) groups excluding carboxylic acids is 1. The molecule has 3 heterocycles. The van der Waals surface area contributed by atoms with Crippen LogP contribution in [-0.4, -0.2) is 66.6 Å². The van der Waals surface area contributed by atoms with Gasteiger partial charge in [-0.1, -0.05) is 18.2 Å². The van der Waals surface area contributed by atoms with E-state index in [-0.39, 0.29) is 17.1 Å². The molecule has 5 N–H and O–H groups in total. The second kappa shape index (κ2) is 11.3. The third-order valence-electron chi connectivity index (χ3n) is 8.49. The van der Waals surface area contributed by atoms with Crippen molar-refractivity contribution in [2.75, 3.05) is 56.0 Å². The number of aromatic amines is 1. The summed E-state index contributed by atoms with van der Waals surface area (Å²) in [5, 5.41) is 6.33. The molecular formula is C32H36FN7O. The molecule has 2 aromatic carbocycles. The molecule has 1 aliphatic carbocycles. The zero-order chi connectivity index (χ0) is 28.4. The van der Waals surface area contributed by atoms with Gasteiger partial charge in [0.05, 0.1) is 22.3 Å². The highest BCUT2D eigenvalue weighted by Gasteiger charge is 2.33. The third-order valence-corrected chi connectivity index (χ3v) is 8.49. The summed E-state index contributed by atoms with van der Waals surface area (Å²) in [6.45, 7) is 5.64. The van der Waals surface area contributed by atoms with Crippen LogP contribution in [0.15, 0.2) is 48.6 Å². The van der Waals surface area contributed by atoms with Crippen molar-refractivity contribution in [1.82, 2.24) is 20.2 Å². The SMILES string of the molecule is C#CCCC1(CCC(=O)NCCN2CCN(c3ccc4[nH]c(C5=C(N)c6c(F)cccc6NC5)nc4c3)CC2)C=C1. The Hall–Kier alpha value is -4.29. The fourth-order valence-electron chi connectivity index (χ4n) is 5.82. The Morgan fingerprint density at radius 3 is 2.78 bits per heavy atom. The Kier molecular flexibility index (Phi) is 7.41. The average molecular weight is 554 g/mol. The molecule has 6 rings (SSSR count). The summed E-state index contributed by atoms with van der Waals surface area (Å²) >= 11 is 0. The highest BCUT2D eigenvalue weighted by atomic mass is 19.1. The molecule has 0 saturated carbocycles. The molecule has 1 saturated heterocycles. The number of hydrogen-bond acceptors (Lipinski definition) is 6. The predicted octanol–water partition coefficient (Wildman–Crippen LogP) is 3.94. The molecule has 2 aliphatic heterocycles. The van der Waals surface area contributed by atoms with Crippen LogP contribution in [0.4, 0.5) is 15.8 Å². The van der Waals surface area contributed by atoms with Crippen molar-refractivity contribution in [3.63, 3.8) is 0 Å². The van der Waals surface area contributed by atoms with Gasteiger partial charge in [-0.15, -0.1) is 12.3 Å². The van der Waals surface area contributed by atoms with Crippen LogP contribution in [-0.2, 0) is 4.79 Å². The van der Waals surface area contributed by atoms with Crippen LogP contribution in [0.25, 0.3) is 22.3 Å². The summed E-state index contributed by atoms with van der Waals surface area (Å²) < 4.78 is 14.5. The number of fused-ring (bicyclic) bond motifs is 2. The van der Waals surface area contributed by atoms with Crippen molar-refractivity contribution in [3.05, 3.63) is 65.8 Å². The Morgan fingerprint density at radius 2 is 2.00 bits per heavy atom. The Balaban J connectivity index is 1.01. The number of nitrogens with zero attached hydrogens (tertiary/aromatic N) is 3. The largest absolute Gasteiger partial charge is 0.398 e. The first-order valence-corrected chi connectivity index (χ1v) is 14.3. The maximum Gasteiger partial charge on any atom is 0.220 e. The van der Waals surface area contributed by atoms with Crippen molar-refractivity contribution in [3.8, 4) is 12.3 Å². The van der Waals surface area contributed by atoms with E-state index in [4.69, 9.17) is 17.1 Å². The first-order valence-electron chi connectivity index (χ1n) is 14.3. The maximum absolute atomic E-state index is 14.5. The van der Waals surface area contributed by atoms with E-state index >= 15 is 0 Å². The van der Waals surface area contributed by atoms with Crippen LogP contribution in [0.2, 0.25) is 0 Å². The van der Waals surface area contributed by atoms with Gasteiger partial charge in [-0.2, -0.15) is 0 Å². The number of anilines is 2. The number of piperazine rings is 1. The molecule has 0 unspecified atom stereocenters. The molecule has 0 atom stereocenters. The summed E-state index contributed by atoms with van der Waals surface area (Å²) in [7, 11) is 0. The van der Waals surface area contributed by atoms with E-state index in [0.717, 1.165) is 74.3 Å². The van der Waals surface area contributed by atoms with Gasteiger partial charge >= 0.3 is 0 Å². The summed E-state index contributed by atoms with van der Waals surface area (Å²) in [5.41, 5.74) is 11.6. The molecule has 1 amide bonds. The zero-order valence-electron chi connectivity index (χ0n) is 23.2. The minimum absolute atomic E-state index is 0.0872. The van der Waals surface area contributed by atoms with E-state index in [1.807, 2.05) is 12.1 Å². The van der Waals surface area contributed by atoms with Crippen LogP contribution in [0, 0.1) is 23.6 Å². The second-order valence-electron chi connectivity index (χ2n) is 11.1. The first kappa shape index (κ1) is 26.9. The fourth-order valence-corrected chi connectivity index (χ4v) is 5.82. The van der Waals surface area contributed by atoms with Gasteiger partial charge in [-0.25, -0.2) is 9.37 Å². The lowest BCUT2D eigenvalue weighted by atomic mass is 9.92. The minimum atomic E-state index is -0.347. The van der Waals surface area contributed by atoms with Gasteiger partial charge in [-0.05, 0) is 43.2 Å². The summed E-state index contributed by atoms with van der Waals surface area (Å²) in [6.07, 6.45) is 12.8. The monoisotopic (exact) mass is 553 g/mol. The van der Waals surface area contributed by atoms with Crippen LogP contribution < -0.4 is 21.3 Å². The van der Waals surface area contributed by atoms with Crippen molar-refractivity contribution in [2.24, 2.45) is 11.1 Å². The van der Waals surface area contributed by atoms with E-state index in [9.17, 15) is 9.18 Å². The van der Waals surface area contributed by atoms with Gasteiger partial charge in [0.1, 0.15) is 11.6 Å². The number of aromatic nitrogens is 2. The van der Waals surface area contributed by atoms with Gasteiger partial charge in [0.2, 0.25) is 5.91 Å². The fraction of sp³-hybridized carbons (Fsp3) is 0.375. The molecule has 0 bridgehead atoms. The second-order valence-corrected chi connectivity index (χ2v) is 11.1. The molecule has 3 aliphatic rings. The summed E-state index contributed by atoms with van der Waals surface area (Å²) in [5.74, 6) is 3.11. The number of allylic oxidation sites excluding steroid dienone is 2. The first-order chi connectivity index (χ1) is 19.9. The van der Waals surface area contributed by atoms with E-state index in [2.05, 4.69) is 55.6 Å². The lowest BCUT2D eigenvalue weighted by molar-refractivity contribution is -0.121. The maximum atomic E-state index is 14.5. The summed E-state index contributed by atoms with van der Waals surface area (Å²) in [4.78, 5) is 25.3. The van der Waals surface area contributed by atoms with E-state index in [1.165, 1.54) is 6.07 Å². The molecule has 1 aromatic heterocycles. The van der Waals surface area contributed by atoms with Gasteiger partial charge in [-0.3, -0.25) is 9.69 Å². The molecule has 9 heteroatoms. The van der Waals surface area contributed by atoms with Crippen LogP contribution >= 0.6 is 0 Å². The number of carbonyl (C=O) groups is 1. The van der Waals surface area contributed by atoms with E-state index in [0.29, 0.717) is 42.3 Å². The van der Waals surface area contributed by atoms with E-state index in [1.54, 1.807) is 6.07 Å². The number of halogens is 1. The number of nitrogens with one attached hydrogen (secondary N) is 3. The summed E-state index contributed by atoms with van der Waals surface area (Å²) in [6, 6.07) is 11.2. The normalized spacial score (nSPS) is 17.7. The number of imidazole rings is 1. The van der Waals surface area contributed by atoms with Gasteiger partial charge in [0.25, 0.3) is 0 Å². The quantitative estimate of drug-likeness (QED) is 0.224. The predicted molar refractivity (Wildman–Crippen MR) is 163 cm³/mol. The molecule has 41 heavy (non-hydrogen) atoms. The lowest BCUT2D eigenvalue weighted by Gasteiger charge is -2.36. The van der Waals surface area contributed by atoms with Crippen LogP contribution in [0.1, 0.15) is 37.1 Å². The van der Waals surface area contributed by atoms with Crippen molar-refractivity contribution >= 4 is 39.6 Å². The Labute approximate surface area is 239 Å². The zero-order valence-corrected chi connectivity index (χ0v) is 23.2. The van der Waals surface area contributed by atoms with Crippen LogP contribution in [0.5, 0.6) is 0 Å². The standard InChI is InChI=1S/C32H36FN7O/c1-2-3-10-32(12-13-32)11-9-28(41)35-14-15-39-16-18-40(19-17-39)22-7-8-25-27(20-22)38-31(37-25)23-21-36-26-6-4-5-24(33)29(26)30(23)34/h1,4-8,12-13,20,36H,3,9-11,14-19,21,34H2,(H,35,41)(H,37,38). The molecule has 0 spiro atoms. The number of nitrogens with two attached hydrogens (primary N) is 1. The molecule has 0 radical (unpaired) electrons. The molecule has 1 fully saturated rings.